The molecule has 7 rings (SSSR count). The Bertz CT molecular complexity index is 1940. The number of nitrogens with zero attached hydrogens (tertiary/aromatic N) is 4. The molecule has 2 aliphatic rings. The third kappa shape index (κ3) is 5.32. The third-order valence-corrected chi connectivity index (χ3v) is 8.78. The van der Waals surface area contributed by atoms with Gasteiger partial charge in [-0.25, -0.2) is 0 Å². The summed E-state index contributed by atoms with van der Waals surface area (Å²) < 4.78 is 13.4. The van der Waals surface area contributed by atoms with Crippen LogP contribution in [0.4, 0.5) is 11.4 Å². The maximum atomic E-state index is 14.4. The zero-order valence-electron chi connectivity index (χ0n) is 25.6. The van der Waals surface area contributed by atoms with Gasteiger partial charge >= 0.3 is 0 Å². The molecule has 0 saturated heterocycles. The van der Waals surface area contributed by atoms with Crippen molar-refractivity contribution in [1.29, 1.82) is 0 Å². The Kier molecular flexibility index (Phi) is 8.19. The first-order valence-electron chi connectivity index (χ1n) is 14.8. The summed E-state index contributed by atoms with van der Waals surface area (Å²) in [7, 11) is 1.89. The molecular formula is C36H33ClN4O5. The van der Waals surface area contributed by atoms with Gasteiger partial charge in [-0.3, -0.25) is 19.5 Å². The fourth-order valence-electron chi connectivity index (χ4n) is 6.21. The summed E-state index contributed by atoms with van der Waals surface area (Å²) in [5.74, 6) is 0.796. The first-order valence-corrected chi connectivity index (χ1v) is 14.8. The van der Waals surface area contributed by atoms with Crippen LogP contribution in [-0.2, 0) is 20.0 Å². The number of amides is 2. The van der Waals surface area contributed by atoms with Crippen LogP contribution in [0.2, 0.25) is 0 Å². The van der Waals surface area contributed by atoms with Gasteiger partial charge < -0.3 is 24.0 Å². The maximum absolute atomic E-state index is 14.4. The molecule has 46 heavy (non-hydrogen) atoms. The minimum absolute atomic E-state index is 0. The second-order valence-electron chi connectivity index (χ2n) is 11.5. The highest BCUT2D eigenvalue weighted by Crippen LogP contribution is 2.41. The molecule has 3 aromatic carbocycles. The third-order valence-electron chi connectivity index (χ3n) is 8.78. The highest BCUT2D eigenvalue weighted by molar-refractivity contribution is 6.12. The topological polar surface area (TPSA) is 97.1 Å². The first-order chi connectivity index (χ1) is 21.8. The molecule has 0 spiro atoms. The zero-order chi connectivity index (χ0) is 31.2. The number of hydrogen-bond donors (Lipinski definition) is 1. The van der Waals surface area contributed by atoms with Crippen LogP contribution in [0, 0.1) is 6.92 Å². The number of anilines is 2. The number of pyridine rings is 1. The number of hydrogen-bond acceptors (Lipinski definition) is 6. The molecule has 4 heterocycles. The van der Waals surface area contributed by atoms with Gasteiger partial charge in [0.15, 0.2) is 11.5 Å². The Morgan fingerprint density at radius 1 is 0.891 bits per heavy atom. The standard InChI is InChI=1S/C36H32N4O5.ClH/c1-22-16-24-6-4-5-7-25(24)20-39(22)35(42)31-19-34-33(44-21-45-34)18-30(31)32-17-29(23(2)38(32)3)36(43)40(27-12-14-37-15-13-27)26-8-10-28(41)11-9-26;/h4-15,17-19,22,41H,16,20-21H2,1-3H3;1H/t22-;/m1./s1. The molecular weight excluding hydrogens is 604 g/mol. The number of carbonyl (C=O) groups is 2. The van der Waals surface area contributed by atoms with Gasteiger partial charge in [0.25, 0.3) is 11.8 Å². The van der Waals surface area contributed by atoms with Crippen molar-refractivity contribution in [2.75, 3.05) is 11.7 Å². The molecule has 5 aromatic rings. The normalized spacial score (nSPS) is 14.8. The maximum Gasteiger partial charge on any atom is 0.264 e. The number of phenols is 1. The van der Waals surface area contributed by atoms with Gasteiger partial charge in [-0.1, -0.05) is 24.3 Å². The molecule has 0 radical (unpaired) electrons. The molecule has 0 bridgehead atoms. The highest BCUT2D eigenvalue weighted by Gasteiger charge is 2.32. The Hall–Kier alpha value is -5.28. The number of fused-ring (bicyclic) bond motifs is 2. The quantitative estimate of drug-likeness (QED) is 0.227. The monoisotopic (exact) mass is 636 g/mol. The van der Waals surface area contributed by atoms with Crippen molar-refractivity contribution in [3.05, 3.63) is 119 Å². The minimum Gasteiger partial charge on any atom is -0.508 e. The largest absolute Gasteiger partial charge is 0.508 e. The lowest BCUT2D eigenvalue weighted by Gasteiger charge is -2.35. The Morgan fingerprint density at radius 2 is 1.54 bits per heavy atom. The van der Waals surface area contributed by atoms with E-state index < -0.39 is 0 Å². The van der Waals surface area contributed by atoms with Crippen molar-refractivity contribution in [1.82, 2.24) is 14.5 Å². The lowest BCUT2D eigenvalue weighted by molar-refractivity contribution is 0.0658. The molecule has 0 saturated carbocycles. The van der Waals surface area contributed by atoms with E-state index in [-0.39, 0.29) is 42.8 Å². The van der Waals surface area contributed by atoms with Gasteiger partial charge in [-0.15, -0.1) is 12.4 Å². The SMILES string of the molecule is Cc1c(C(=O)N(c2ccncc2)c2ccc(O)cc2)cc(-c2cc3c(cc2C(=O)N2Cc4ccccc4C[C@H]2C)OCO3)n1C.Cl. The molecule has 2 aliphatic heterocycles. The fraction of sp³-hybridized carbons (Fsp3) is 0.194. The van der Waals surface area contributed by atoms with Crippen molar-refractivity contribution in [3.8, 4) is 28.5 Å². The summed E-state index contributed by atoms with van der Waals surface area (Å²) in [4.78, 5) is 36.4. The van der Waals surface area contributed by atoms with Gasteiger partial charge in [-0.2, -0.15) is 0 Å². The lowest BCUT2D eigenvalue weighted by atomic mass is 9.93. The molecule has 234 valence electrons. The zero-order valence-corrected chi connectivity index (χ0v) is 26.5. The van der Waals surface area contributed by atoms with Crippen LogP contribution in [0.25, 0.3) is 11.3 Å². The number of rotatable bonds is 5. The summed E-state index contributed by atoms with van der Waals surface area (Å²) in [6, 6.07) is 23.7. The minimum atomic E-state index is -0.263. The van der Waals surface area contributed by atoms with E-state index in [9.17, 15) is 14.7 Å². The van der Waals surface area contributed by atoms with Crippen molar-refractivity contribution in [2.45, 2.75) is 32.9 Å². The van der Waals surface area contributed by atoms with Gasteiger partial charge in [0.1, 0.15) is 5.75 Å². The van der Waals surface area contributed by atoms with Crippen molar-refractivity contribution < 1.29 is 24.2 Å². The number of phenolic OH excluding ortho intramolecular Hbond substituents is 1. The number of aromatic hydroxyl groups is 1. The second kappa shape index (κ2) is 12.3. The fourth-order valence-corrected chi connectivity index (χ4v) is 6.21. The average molecular weight is 637 g/mol. The highest BCUT2D eigenvalue weighted by atomic mass is 35.5. The summed E-state index contributed by atoms with van der Waals surface area (Å²) >= 11 is 0. The summed E-state index contributed by atoms with van der Waals surface area (Å²) in [5.41, 5.74) is 6.64. The number of ether oxygens (including phenoxy) is 2. The predicted molar refractivity (Wildman–Crippen MR) is 177 cm³/mol. The van der Waals surface area contributed by atoms with E-state index in [1.165, 1.54) is 5.56 Å². The van der Waals surface area contributed by atoms with E-state index in [0.717, 1.165) is 17.7 Å². The van der Waals surface area contributed by atoms with Crippen LogP contribution in [0.3, 0.4) is 0 Å². The Balaban J connectivity index is 0.00000372. The lowest BCUT2D eigenvalue weighted by Crippen LogP contribution is -2.42. The summed E-state index contributed by atoms with van der Waals surface area (Å²) in [5, 5.41) is 9.90. The van der Waals surface area contributed by atoms with Crippen LogP contribution < -0.4 is 14.4 Å². The molecule has 1 N–H and O–H groups in total. The number of benzene rings is 3. The first kappa shape index (κ1) is 30.7. The Labute approximate surface area is 273 Å². The van der Waals surface area contributed by atoms with Crippen molar-refractivity contribution in [2.24, 2.45) is 7.05 Å². The number of aromatic nitrogens is 2. The van der Waals surface area contributed by atoms with Crippen LogP contribution in [0.15, 0.2) is 91.3 Å². The van der Waals surface area contributed by atoms with E-state index >= 15 is 0 Å². The van der Waals surface area contributed by atoms with E-state index in [1.54, 1.807) is 59.8 Å². The van der Waals surface area contributed by atoms with Crippen LogP contribution in [0.1, 0.15) is 44.5 Å². The van der Waals surface area contributed by atoms with Gasteiger partial charge in [0.05, 0.1) is 16.8 Å². The molecule has 2 amide bonds. The average Bonchev–Trinajstić information content (AvgIpc) is 3.64. The molecule has 10 heteroatoms. The van der Waals surface area contributed by atoms with E-state index in [2.05, 4.69) is 24.0 Å². The van der Waals surface area contributed by atoms with Crippen molar-refractivity contribution >= 4 is 35.6 Å². The van der Waals surface area contributed by atoms with Crippen LogP contribution >= 0.6 is 12.4 Å². The summed E-state index contributed by atoms with van der Waals surface area (Å²) in [6.07, 6.45) is 4.03. The van der Waals surface area contributed by atoms with Gasteiger partial charge in [0, 0.05) is 54.7 Å². The molecule has 0 aliphatic carbocycles. The smallest absolute Gasteiger partial charge is 0.264 e. The van der Waals surface area contributed by atoms with Crippen molar-refractivity contribution in [3.63, 3.8) is 0 Å². The van der Waals surface area contributed by atoms with E-state index in [4.69, 9.17) is 9.47 Å². The molecule has 1 atom stereocenters. The Morgan fingerprint density at radius 3 is 2.26 bits per heavy atom. The van der Waals surface area contributed by atoms with E-state index in [0.29, 0.717) is 51.8 Å². The van der Waals surface area contributed by atoms with Gasteiger partial charge in [0.2, 0.25) is 6.79 Å². The van der Waals surface area contributed by atoms with Crippen LogP contribution in [0.5, 0.6) is 17.2 Å². The number of halogens is 1. The molecule has 0 fully saturated rings. The summed E-state index contributed by atoms with van der Waals surface area (Å²) in [6.45, 7) is 4.54. The number of carbonyl (C=O) groups excluding carboxylic acids is 2. The molecule has 9 nitrogen and oxygen atoms in total. The second-order valence-corrected chi connectivity index (χ2v) is 11.5. The molecule has 2 aromatic heterocycles. The molecule has 0 unspecified atom stereocenters. The van der Waals surface area contributed by atoms with Crippen LogP contribution in [-0.4, -0.2) is 44.2 Å². The van der Waals surface area contributed by atoms with Gasteiger partial charge in [-0.05, 0) is 86.0 Å². The van der Waals surface area contributed by atoms with E-state index in [1.807, 2.05) is 47.7 Å². The predicted octanol–water partition coefficient (Wildman–Crippen LogP) is 6.82.